The number of fused-ring (bicyclic) bond motifs is 3. The highest BCUT2D eigenvalue weighted by Crippen LogP contribution is 2.29. The summed E-state index contributed by atoms with van der Waals surface area (Å²) in [6, 6.07) is 46.1. The van der Waals surface area contributed by atoms with E-state index < -0.39 is 136 Å². The van der Waals surface area contributed by atoms with Gasteiger partial charge in [-0.25, -0.2) is 39.6 Å². The van der Waals surface area contributed by atoms with Crippen molar-refractivity contribution in [2.75, 3.05) is 34.0 Å². The van der Waals surface area contributed by atoms with Crippen LogP contribution in [0.15, 0.2) is 140 Å². The molecule has 3 atom stereocenters. The average molecular weight is 1550 g/mol. The van der Waals surface area contributed by atoms with Crippen molar-refractivity contribution in [2.24, 2.45) is 0 Å². The lowest BCUT2D eigenvalue weighted by atomic mass is 10.0. The van der Waals surface area contributed by atoms with Gasteiger partial charge >= 0.3 is 33.7 Å². The highest BCUT2D eigenvalue weighted by Gasteiger charge is 2.48. The molecule has 0 saturated carbocycles. The quantitative estimate of drug-likeness (QED) is 0.0172. The number of halogens is 6. The molecule has 0 saturated heterocycles. The minimum absolute atomic E-state index is 0.306. The number of aliphatic hydroxyl groups is 6. The molecular weight excluding hydrogens is 1450 g/mol. The topological polar surface area (TPSA) is 400 Å². The van der Waals surface area contributed by atoms with E-state index in [0.717, 1.165) is 14.2 Å². The van der Waals surface area contributed by atoms with Crippen LogP contribution in [0, 0.1) is 0 Å². The minimum atomic E-state index is -5.92. The van der Waals surface area contributed by atoms with Gasteiger partial charge in [0.05, 0.1) is 33.6 Å². The summed E-state index contributed by atoms with van der Waals surface area (Å²) < 4.78 is 194. The van der Waals surface area contributed by atoms with E-state index in [-0.39, 0.29) is 0 Å². The van der Waals surface area contributed by atoms with Crippen LogP contribution in [0.4, 0.5) is 26.3 Å². The number of methoxy groups -OCH3 is 2. The molecule has 0 aliphatic carbocycles. The molecular formula is C71H107F6O24S3-3. The summed E-state index contributed by atoms with van der Waals surface area (Å²) in [7, 11) is -15.4. The number of hydrogen-bond donors (Lipinski definition) is 6. The first-order valence-corrected chi connectivity index (χ1v) is 35.4. The molecule has 0 spiro atoms. The van der Waals surface area contributed by atoms with Gasteiger partial charge in [0, 0.05) is 14.2 Å². The van der Waals surface area contributed by atoms with E-state index in [0.29, 0.717) is 26.5 Å². The smallest absolute Gasteiger partial charge is 0.370 e. The summed E-state index contributed by atoms with van der Waals surface area (Å²) >= 11 is 0. The Morgan fingerprint density at radius 2 is 0.500 bits per heavy atom. The van der Waals surface area contributed by atoms with Gasteiger partial charge < -0.3 is 72.7 Å². The van der Waals surface area contributed by atoms with Crippen LogP contribution >= 0.6 is 0 Å². The second kappa shape index (κ2) is 47.1. The number of carbonyl (C=O) groups is 3. The molecule has 6 aromatic carbocycles. The zero-order valence-electron chi connectivity index (χ0n) is 63.2. The molecule has 6 aromatic rings. The Labute approximate surface area is 608 Å². The number of alkyl halides is 6. The van der Waals surface area contributed by atoms with Crippen LogP contribution < -0.4 is 4.74 Å². The van der Waals surface area contributed by atoms with Crippen molar-refractivity contribution in [3.63, 3.8) is 0 Å². The summed E-state index contributed by atoms with van der Waals surface area (Å²) in [4.78, 5) is 32.5. The maximum Gasteiger partial charge on any atom is 0.370 e. The number of ether oxygens (including phenoxy) is 6. The van der Waals surface area contributed by atoms with Crippen LogP contribution in [-0.4, -0.2) is 189 Å². The average Bonchev–Trinajstić information content (AvgIpc) is 0.836. The van der Waals surface area contributed by atoms with E-state index in [9.17, 15) is 79.6 Å². The number of hydrogen-bond acceptors (Lipinski definition) is 24. The van der Waals surface area contributed by atoms with Gasteiger partial charge in [-0.2, -0.15) is 26.3 Å². The molecule has 6 N–H and O–H groups in total. The van der Waals surface area contributed by atoms with E-state index in [1.807, 2.05) is 0 Å². The number of carbonyl (C=O) groups excluding carboxylic acids is 3. The summed E-state index contributed by atoms with van der Waals surface area (Å²) in [6.45, 7) is 31.3. The number of benzene rings is 6. The molecule has 0 aliphatic heterocycles. The Balaban J connectivity index is -0.000000360. The molecule has 33 heteroatoms. The van der Waals surface area contributed by atoms with Crippen molar-refractivity contribution in [3.05, 3.63) is 140 Å². The lowest BCUT2D eigenvalue weighted by molar-refractivity contribution is -0.164. The molecule has 3 unspecified atom stereocenters. The summed E-state index contributed by atoms with van der Waals surface area (Å²) in [5, 5.41) is 45.0. The summed E-state index contributed by atoms with van der Waals surface area (Å²) in [6.07, 6.45) is -7.12. The molecule has 0 fully saturated rings. The molecule has 0 amide bonds. The third-order valence-corrected chi connectivity index (χ3v) is 12.2. The van der Waals surface area contributed by atoms with Crippen molar-refractivity contribution < 1.29 is 139 Å². The molecule has 0 aromatic heterocycles. The molecule has 598 valence electrons. The van der Waals surface area contributed by atoms with E-state index in [1.165, 1.54) is 44.5 Å². The summed E-state index contributed by atoms with van der Waals surface area (Å²) in [5.41, 5.74) is -3.00. The van der Waals surface area contributed by atoms with Gasteiger partial charge in [-0.1, -0.05) is 115 Å². The normalized spacial score (nSPS) is 12.8. The maximum absolute atomic E-state index is 13.0. The number of para-hydroxylation sites is 1. The predicted octanol–water partition coefficient (Wildman–Crippen LogP) is 12.0. The lowest BCUT2D eigenvalue weighted by Crippen LogP contribution is -2.42. The van der Waals surface area contributed by atoms with Gasteiger partial charge in [-0.3, -0.25) is 0 Å². The largest absolute Gasteiger partial charge is 0.743 e. The lowest BCUT2D eigenvalue weighted by Gasteiger charge is -2.25. The van der Waals surface area contributed by atoms with Crippen LogP contribution in [0.1, 0.15) is 145 Å². The fourth-order valence-corrected chi connectivity index (χ4v) is 6.78. The Bertz CT molecular complexity index is 3380. The molecule has 0 aliphatic rings. The van der Waals surface area contributed by atoms with E-state index in [2.05, 4.69) is 133 Å². The molecule has 0 bridgehead atoms. The van der Waals surface area contributed by atoms with Gasteiger partial charge in [-0.15, -0.1) is 0 Å². The van der Waals surface area contributed by atoms with Crippen molar-refractivity contribution in [3.8, 4) is 5.75 Å². The highest BCUT2D eigenvalue weighted by atomic mass is 32.2. The van der Waals surface area contributed by atoms with Gasteiger partial charge in [0.2, 0.25) is 0 Å². The Kier molecular flexibility index (Phi) is 47.9. The molecule has 6 rings (SSSR count). The maximum atomic E-state index is 13.0. The fourth-order valence-electron chi connectivity index (χ4n) is 5.42. The van der Waals surface area contributed by atoms with Crippen LogP contribution in [0.2, 0.25) is 0 Å². The number of esters is 3. The first kappa shape index (κ1) is 106. The molecule has 0 radical (unpaired) electrons. The molecule has 24 nitrogen and oxygen atoms in total. The Morgan fingerprint density at radius 3 is 0.673 bits per heavy atom. The Hall–Kier alpha value is -6.70. The first-order valence-electron chi connectivity index (χ1n) is 31.2. The standard InChI is InChI=1S/C14H10.C11H12F2O6S.C10H8.2C6H10F2O6S.6C4H10O/c1-2-6-12-10-14-8-4-3-7-13(14)9-11(12)5-1;1-8(11(12,13)20(15,16)17)19-10(14)7-18-9-5-3-2-4-6-9;1-2-6-10-8-4-3-7-9(10)5-1;2*1-4(14-5(9)3-13-2)6(7,8)15(10,11)12;6*1-4(2,3)5/h1-10H;2-6,8H,7H2,1H3,(H,15,16,17);1-8H;2*4H,3H2,1-2H3,(H,10,11,12);6*5H,1-3H3/p-3. The van der Waals surface area contributed by atoms with Crippen molar-refractivity contribution in [1.29, 1.82) is 0 Å². The zero-order chi connectivity index (χ0) is 83.1. The van der Waals surface area contributed by atoms with Crippen molar-refractivity contribution >= 4 is 80.6 Å². The second-order valence-electron chi connectivity index (χ2n) is 27.8. The van der Waals surface area contributed by atoms with Gasteiger partial charge in [-0.05, 0) is 202 Å². The number of rotatable bonds is 16. The van der Waals surface area contributed by atoms with Gasteiger partial charge in [0.1, 0.15) is 19.0 Å². The summed E-state index contributed by atoms with van der Waals surface area (Å²) in [5.74, 6) is -3.29. The minimum Gasteiger partial charge on any atom is -0.743 e. The SMILES string of the molecule is CC(C)(C)O.CC(C)(C)O.CC(C)(C)O.CC(C)(C)O.CC(C)(C)O.CC(C)(C)O.CC(OC(=O)COc1ccccc1)C(F)(F)S(=O)(=O)[O-].COCC(=O)OC(C)C(F)(F)S(=O)(=O)[O-].COCC(=O)OC(C)C(F)(F)S(=O)(=O)[O-].c1ccc2cc3ccccc3cc2c1.c1ccc2ccccc2c1. The van der Waals surface area contributed by atoms with Crippen molar-refractivity contribution in [1.82, 2.24) is 0 Å². The van der Waals surface area contributed by atoms with E-state index >= 15 is 0 Å². The third kappa shape index (κ3) is 61.6. The van der Waals surface area contributed by atoms with Crippen LogP contribution in [0.5, 0.6) is 5.75 Å². The Morgan fingerprint density at radius 1 is 0.337 bits per heavy atom. The van der Waals surface area contributed by atoms with E-state index in [1.54, 1.807) is 143 Å². The van der Waals surface area contributed by atoms with Gasteiger partial charge in [0.15, 0.2) is 55.3 Å². The fraction of sp³-hybridized carbons (Fsp3) is 0.535. The zero-order valence-corrected chi connectivity index (χ0v) is 65.6. The van der Waals surface area contributed by atoms with Crippen LogP contribution in [0.25, 0.3) is 32.3 Å². The monoisotopic (exact) mass is 1550 g/mol. The van der Waals surface area contributed by atoms with Crippen LogP contribution in [0.3, 0.4) is 0 Å². The second-order valence-corrected chi connectivity index (χ2v) is 32.2. The third-order valence-electron chi connectivity index (χ3n) is 9.24. The van der Waals surface area contributed by atoms with Crippen molar-refractivity contribution in [2.45, 2.75) is 213 Å². The van der Waals surface area contributed by atoms with E-state index in [4.69, 9.17) is 35.4 Å². The predicted molar refractivity (Wildman–Crippen MR) is 384 cm³/mol. The first-order chi connectivity index (χ1) is 46.3. The van der Waals surface area contributed by atoms with Crippen LogP contribution in [-0.2, 0) is 68.4 Å². The molecule has 104 heavy (non-hydrogen) atoms. The van der Waals surface area contributed by atoms with Gasteiger partial charge in [0.25, 0.3) is 0 Å². The molecule has 0 heterocycles. The highest BCUT2D eigenvalue weighted by molar-refractivity contribution is 7.87.